The Kier molecular flexibility index (Phi) is 4.72. The van der Waals surface area contributed by atoms with Crippen LogP contribution < -0.4 is 25.0 Å². The minimum atomic E-state index is -0.223. The van der Waals surface area contributed by atoms with Gasteiger partial charge < -0.3 is 25.0 Å². The molecule has 1 aromatic rings. The molecule has 1 aliphatic carbocycles. The largest absolute Gasteiger partial charge is 0.497 e. The minimum absolute atomic E-state index is 0.0664. The number of anilines is 1. The fourth-order valence-corrected chi connectivity index (χ4v) is 4.54. The molecule has 1 aromatic carbocycles. The van der Waals surface area contributed by atoms with Crippen LogP contribution >= 0.6 is 0 Å². The molecule has 2 aliphatic heterocycles. The van der Waals surface area contributed by atoms with Crippen LogP contribution in [0.15, 0.2) is 18.2 Å². The molecular weight excluding hydrogens is 346 g/mol. The fourth-order valence-electron chi connectivity index (χ4n) is 4.54. The van der Waals surface area contributed by atoms with Gasteiger partial charge in [-0.05, 0) is 32.1 Å². The van der Waals surface area contributed by atoms with Crippen LogP contribution in [0.4, 0.5) is 5.69 Å². The highest BCUT2D eigenvalue weighted by atomic mass is 16.5. The molecule has 27 heavy (non-hydrogen) atoms. The van der Waals surface area contributed by atoms with Crippen LogP contribution in [0.5, 0.6) is 11.5 Å². The molecule has 1 saturated carbocycles. The van der Waals surface area contributed by atoms with Gasteiger partial charge in [-0.1, -0.05) is 0 Å². The normalized spacial score (nSPS) is 26.7. The Hall–Kier alpha value is -2.28. The van der Waals surface area contributed by atoms with Crippen molar-refractivity contribution in [3.05, 3.63) is 18.2 Å². The summed E-state index contributed by atoms with van der Waals surface area (Å²) in [6, 6.07) is 5.45. The summed E-state index contributed by atoms with van der Waals surface area (Å²) >= 11 is 0. The van der Waals surface area contributed by atoms with Gasteiger partial charge in [-0.2, -0.15) is 0 Å². The van der Waals surface area contributed by atoms with E-state index in [4.69, 9.17) is 9.47 Å². The molecule has 1 spiro atoms. The number of carbonyl (C=O) groups is 2. The molecule has 146 valence electrons. The number of nitrogens with one attached hydrogen (secondary N) is 2. The third kappa shape index (κ3) is 3.25. The van der Waals surface area contributed by atoms with E-state index in [1.165, 1.54) is 0 Å². The van der Waals surface area contributed by atoms with Gasteiger partial charge in [0.2, 0.25) is 11.8 Å². The summed E-state index contributed by atoms with van der Waals surface area (Å²) in [6.45, 7) is 0.652. The maximum absolute atomic E-state index is 13.1. The summed E-state index contributed by atoms with van der Waals surface area (Å²) < 4.78 is 10.7. The van der Waals surface area contributed by atoms with Gasteiger partial charge in [0.25, 0.3) is 0 Å². The second-order valence-corrected chi connectivity index (χ2v) is 7.72. The average Bonchev–Trinajstić information content (AvgIpc) is 3.01. The summed E-state index contributed by atoms with van der Waals surface area (Å²) in [7, 11) is 3.20. The topological polar surface area (TPSA) is 79.9 Å². The van der Waals surface area contributed by atoms with Crippen LogP contribution in [-0.2, 0) is 9.59 Å². The van der Waals surface area contributed by atoms with Gasteiger partial charge in [0.1, 0.15) is 11.5 Å². The second kappa shape index (κ2) is 7.03. The van der Waals surface area contributed by atoms with Gasteiger partial charge in [0.05, 0.1) is 31.5 Å². The standard InChI is InChI=1S/C20H27N3O4/c1-26-14-10-13(11-15(12-14)27-2)23-9-6-16(19(23)25)21-17-4-5-18(24)22-20(17)7-3-8-20/h10-12,16-17,21H,3-9H2,1-2H3,(H,22,24). The van der Waals surface area contributed by atoms with Crippen LogP contribution in [-0.4, -0.2) is 50.2 Å². The predicted octanol–water partition coefficient (Wildman–Crippen LogP) is 1.60. The van der Waals surface area contributed by atoms with Crippen LogP contribution in [0.1, 0.15) is 38.5 Å². The fraction of sp³-hybridized carbons (Fsp3) is 0.600. The molecule has 2 unspecified atom stereocenters. The van der Waals surface area contributed by atoms with E-state index < -0.39 is 0 Å². The van der Waals surface area contributed by atoms with Crippen molar-refractivity contribution in [2.45, 2.75) is 56.1 Å². The number of ether oxygens (including phenoxy) is 2. The Morgan fingerprint density at radius 3 is 2.41 bits per heavy atom. The van der Waals surface area contributed by atoms with Crippen LogP contribution in [0.2, 0.25) is 0 Å². The van der Waals surface area contributed by atoms with E-state index in [1.807, 2.05) is 12.1 Å². The van der Waals surface area contributed by atoms with Crippen LogP contribution in [0.3, 0.4) is 0 Å². The molecule has 4 rings (SSSR count). The predicted molar refractivity (Wildman–Crippen MR) is 101 cm³/mol. The van der Waals surface area contributed by atoms with Crippen molar-refractivity contribution in [1.29, 1.82) is 0 Å². The van der Waals surface area contributed by atoms with Gasteiger partial charge in [-0.15, -0.1) is 0 Å². The molecule has 7 heteroatoms. The Morgan fingerprint density at radius 1 is 1.11 bits per heavy atom. The molecule has 2 N–H and O–H groups in total. The number of hydrogen-bond donors (Lipinski definition) is 2. The third-order valence-electron chi connectivity index (χ3n) is 6.22. The van der Waals surface area contributed by atoms with E-state index in [9.17, 15) is 9.59 Å². The second-order valence-electron chi connectivity index (χ2n) is 7.72. The van der Waals surface area contributed by atoms with Crippen molar-refractivity contribution in [3.8, 4) is 11.5 Å². The molecule has 0 radical (unpaired) electrons. The van der Waals surface area contributed by atoms with E-state index in [2.05, 4.69) is 10.6 Å². The lowest BCUT2D eigenvalue weighted by Crippen LogP contribution is -2.69. The summed E-state index contributed by atoms with van der Waals surface area (Å²) in [5, 5.41) is 6.75. The Bertz CT molecular complexity index is 724. The maximum atomic E-state index is 13.1. The highest BCUT2D eigenvalue weighted by Crippen LogP contribution is 2.39. The summed E-state index contributed by atoms with van der Waals surface area (Å²) in [5.41, 5.74) is 0.637. The lowest BCUT2D eigenvalue weighted by atomic mass is 9.68. The van der Waals surface area contributed by atoms with Gasteiger partial charge in [-0.3, -0.25) is 9.59 Å². The quantitative estimate of drug-likeness (QED) is 0.820. The molecule has 2 saturated heterocycles. The summed E-state index contributed by atoms with van der Waals surface area (Å²) in [4.78, 5) is 26.7. The first-order valence-electron chi connectivity index (χ1n) is 9.66. The smallest absolute Gasteiger partial charge is 0.244 e. The van der Waals surface area contributed by atoms with Crippen molar-refractivity contribution < 1.29 is 19.1 Å². The van der Waals surface area contributed by atoms with Gasteiger partial charge in [-0.25, -0.2) is 0 Å². The molecule has 0 aromatic heterocycles. The average molecular weight is 373 g/mol. The number of carbonyl (C=O) groups excluding carboxylic acids is 2. The van der Waals surface area contributed by atoms with E-state index in [1.54, 1.807) is 25.2 Å². The zero-order valence-electron chi connectivity index (χ0n) is 15.9. The number of hydrogen-bond acceptors (Lipinski definition) is 5. The van der Waals surface area contributed by atoms with Crippen LogP contribution in [0, 0.1) is 0 Å². The number of benzene rings is 1. The lowest BCUT2D eigenvalue weighted by Gasteiger charge is -2.51. The highest BCUT2D eigenvalue weighted by Gasteiger charge is 2.49. The Morgan fingerprint density at radius 2 is 1.81 bits per heavy atom. The first kappa shape index (κ1) is 18.1. The van der Waals surface area contributed by atoms with Gasteiger partial charge in [0, 0.05) is 37.2 Å². The van der Waals surface area contributed by atoms with Crippen molar-refractivity contribution in [2.75, 3.05) is 25.7 Å². The zero-order chi connectivity index (χ0) is 19.0. The number of methoxy groups -OCH3 is 2. The molecule has 2 heterocycles. The minimum Gasteiger partial charge on any atom is -0.497 e. The van der Waals surface area contributed by atoms with Crippen molar-refractivity contribution in [2.24, 2.45) is 0 Å². The number of nitrogens with zero attached hydrogens (tertiary/aromatic N) is 1. The Balaban J connectivity index is 1.48. The van der Waals surface area contributed by atoms with Crippen molar-refractivity contribution in [3.63, 3.8) is 0 Å². The SMILES string of the molecule is COc1cc(OC)cc(N2CCC(NC3CCC(=O)NC34CCC4)C2=O)c1. The molecule has 7 nitrogen and oxygen atoms in total. The lowest BCUT2D eigenvalue weighted by molar-refractivity contribution is -0.128. The molecule has 3 aliphatic rings. The first-order chi connectivity index (χ1) is 13.0. The molecule has 2 atom stereocenters. The Labute approximate surface area is 159 Å². The third-order valence-corrected chi connectivity index (χ3v) is 6.22. The first-order valence-corrected chi connectivity index (χ1v) is 9.66. The molecule has 3 fully saturated rings. The zero-order valence-corrected chi connectivity index (χ0v) is 15.9. The highest BCUT2D eigenvalue weighted by molar-refractivity contribution is 5.99. The van der Waals surface area contributed by atoms with E-state index in [-0.39, 0.29) is 29.4 Å². The van der Waals surface area contributed by atoms with Crippen LogP contribution in [0.25, 0.3) is 0 Å². The van der Waals surface area contributed by atoms with E-state index in [0.29, 0.717) is 24.5 Å². The number of rotatable bonds is 5. The van der Waals surface area contributed by atoms with E-state index in [0.717, 1.165) is 37.8 Å². The number of piperidine rings is 1. The number of amides is 2. The molecule has 0 bridgehead atoms. The van der Waals surface area contributed by atoms with Gasteiger partial charge in [0.15, 0.2) is 0 Å². The van der Waals surface area contributed by atoms with Gasteiger partial charge >= 0.3 is 0 Å². The van der Waals surface area contributed by atoms with Crippen molar-refractivity contribution >= 4 is 17.5 Å². The van der Waals surface area contributed by atoms with E-state index >= 15 is 0 Å². The summed E-state index contributed by atoms with van der Waals surface area (Å²) in [5.74, 6) is 1.53. The molecule has 2 amide bonds. The van der Waals surface area contributed by atoms with Crippen molar-refractivity contribution in [1.82, 2.24) is 10.6 Å². The molecular formula is C20H27N3O4. The monoisotopic (exact) mass is 373 g/mol. The maximum Gasteiger partial charge on any atom is 0.244 e. The summed E-state index contributed by atoms with van der Waals surface area (Å²) in [6.07, 6.45) is 5.19.